The third-order valence-electron chi connectivity index (χ3n) is 4.85. The van der Waals surface area contributed by atoms with E-state index in [2.05, 4.69) is 5.10 Å². The molecule has 0 bridgehead atoms. The summed E-state index contributed by atoms with van der Waals surface area (Å²) in [7, 11) is 1.94. The van der Waals surface area contributed by atoms with Crippen molar-refractivity contribution in [3.05, 3.63) is 60.2 Å². The molecule has 2 aromatic heterocycles. The number of hydrogen-bond donors (Lipinski definition) is 0. The molecule has 0 atom stereocenters. The predicted octanol–water partition coefficient (Wildman–Crippen LogP) is 3.64. The summed E-state index contributed by atoms with van der Waals surface area (Å²) in [5.74, 6) is -0.338. The van der Waals surface area contributed by atoms with Gasteiger partial charge in [-0.2, -0.15) is 5.10 Å². The summed E-state index contributed by atoms with van der Waals surface area (Å²) in [6, 6.07) is 11.8. The maximum absolute atomic E-state index is 13.3. The van der Waals surface area contributed by atoms with Crippen LogP contribution in [0.1, 0.15) is 29.8 Å². The second-order valence-corrected chi connectivity index (χ2v) is 6.66. The average Bonchev–Trinajstić information content (AvgIpc) is 3.28. The van der Waals surface area contributed by atoms with Gasteiger partial charge >= 0.3 is 0 Å². The minimum absolute atomic E-state index is 0.0259. The Morgan fingerprint density at radius 1 is 1.08 bits per heavy atom. The van der Waals surface area contributed by atoms with Gasteiger partial charge in [0.1, 0.15) is 17.2 Å². The van der Waals surface area contributed by atoms with Gasteiger partial charge < -0.3 is 9.47 Å². The molecule has 1 aliphatic rings. The number of rotatable bonds is 3. The second-order valence-electron chi connectivity index (χ2n) is 6.66. The van der Waals surface area contributed by atoms with E-state index >= 15 is 0 Å². The normalized spacial score (nSPS) is 14.6. The molecule has 3 aromatic rings. The summed E-state index contributed by atoms with van der Waals surface area (Å²) in [4.78, 5) is 15.0. The third-order valence-corrected chi connectivity index (χ3v) is 4.85. The van der Waals surface area contributed by atoms with Crippen LogP contribution >= 0.6 is 0 Å². The Kier molecular flexibility index (Phi) is 4.32. The Morgan fingerprint density at radius 3 is 2.46 bits per heavy atom. The van der Waals surface area contributed by atoms with Crippen molar-refractivity contribution in [2.75, 3.05) is 13.1 Å². The molecule has 3 heterocycles. The molecule has 0 N–H and O–H groups in total. The molecule has 0 aliphatic carbocycles. The minimum Gasteiger partial charge on any atom is -0.349 e. The van der Waals surface area contributed by atoms with Crippen LogP contribution < -0.4 is 0 Å². The first-order chi connectivity index (χ1) is 12.6. The highest BCUT2D eigenvalue weighted by molar-refractivity contribution is 5.94. The van der Waals surface area contributed by atoms with E-state index in [0.29, 0.717) is 11.4 Å². The van der Waals surface area contributed by atoms with Crippen LogP contribution in [0.3, 0.4) is 0 Å². The van der Waals surface area contributed by atoms with Crippen molar-refractivity contribution in [3.8, 4) is 17.1 Å². The van der Waals surface area contributed by atoms with Gasteiger partial charge in [0, 0.05) is 26.3 Å². The lowest BCUT2D eigenvalue weighted by Crippen LogP contribution is -2.36. The van der Waals surface area contributed by atoms with E-state index in [1.54, 1.807) is 16.8 Å². The Hall–Kier alpha value is -2.89. The minimum atomic E-state index is -0.313. The maximum Gasteiger partial charge on any atom is 0.272 e. The Labute approximate surface area is 151 Å². The van der Waals surface area contributed by atoms with E-state index in [-0.39, 0.29) is 11.7 Å². The molecule has 1 saturated heterocycles. The molecule has 1 aromatic carbocycles. The monoisotopic (exact) mass is 352 g/mol. The van der Waals surface area contributed by atoms with Crippen LogP contribution in [0.15, 0.2) is 48.7 Å². The highest BCUT2D eigenvalue weighted by atomic mass is 19.1. The smallest absolute Gasteiger partial charge is 0.272 e. The summed E-state index contributed by atoms with van der Waals surface area (Å²) in [6.45, 7) is 1.54. The largest absolute Gasteiger partial charge is 0.349 e. The molecule has 6 heteroatoms. The number of benzene rings is 1. The molecular weight excluding hydrogens is 331 g/mol. The number of piperidine rings is 1. The number of aryl methyl sites for hydroxylation is 1. The fraction of sp³-hybridized carbons (Fsp3) is 0.300. The molecular formula is C20H21FN4O. The van der Waals surface area contributed by atoms with Gasteiger partial charge in [-0.3, -0.25) is 4.79 Å². The zero-order valence-electron chi connectivity index (χ0n) is 14.7. The van der Waals surface area contributed by atoms with Crippen LogP contribution in [-0.4, -0.2) is 38.2 Å². The van der Waals surface area contributed by atoms with Crippen LogP contribution in [0.25, 0.3) is 17.1 Å². The molecule has 134 valence electrons. The van der Waals surface area contributed by atoms with Crippen molar-refractivity contribution in [3.63, 3.8) is 0 Å². The maximum atomic E-state index is 13.3. The lowest BCUT2D eigenvalue weighted by atomic mass is 10.1. The third kappa shape index (κ3) is 3.03. The summed E-state index contributed by atoms with van der Waals surface area (Å²) >= 11 is 0. The Balaban J connectivity index is 1.79. The molecule has 1 amide bonds. The van der Waals surface area contributed by atoms with Crippen LogP contribution in [0, 0.1) is 5.82 Å². The van der Waals surface area contributed by atoms with Crippen molar-refractivity contribution in [2.45, 2.75) is 19.3 Å². The second kappa shape index (κ2) is 6.78. The van der Waals surface area contributed by atoms with Crippen LogP contribution in [0.4, 0.5) is 4.39 Å². The van der Waals surface area contributed by atoms with Crippen LogP contribution in [0.2, 0.25) is 0 Å². The zero-order chi connectivity index (χ0) is 18.1. The predicted molar refractivity (Wildman–Crippen MR) is 97.7 cm³/mol. The number of likely N-dealkylation sites (tertiary alicyclic amines) is 1. The topological polar surface area (TPSA) is 43.1 Å². The first kappa shape index (κ1) is 16.6. The molecule has 4 rings (SSSR count). The van der Waals surface area contributed by atoms with Crippen molar-refractivity contribution in [1.82, 2.24) is 19.2 Å². The molecule has 0 radical (unpaired) electrons. The highest BCUT2D eigenvalue weighted by Gasteiger charge is 2.24. The summed E-state index contributed by atoms with van der Waals surface area (Å²) < 4.78 is 16.9. The molecule has 0 spiro atoms. The number of nitrogens with zero attached hydrogens (tertiary/aromatic N) is 4. The van der Waals surface area contributed by atoms with Gasteiger partial charge in [-0.15, -0.1) is 0 Å². The number of halogens is 1. The number of carbonyl (C=O) groups is 1. The Morgan fingerprint density at radius 2 is 1.81 bits per heavy atom. The van der Waals surface area contributed by atoms with E-state index in [0.717, 1.165) is 43.7 Å². The van der Waals surface area contributed by atoms with E-state index < -0.39 is 0 Å². The summed E-state index contributed by atoms with van der Waals surface area (Å²) in [5, 5.41) is 4.66. The van der Waals surface area contributed by atoms with Gasteiger partial charge in [0.05, 0.1) is 11.4 Å². The molecule has 0 unspecified atom stereocenters. The summed E-state index contributed by atoms with van der Waals surface area (Å²) in [5.41, 5.74) is 2.84. The molecule has 0 saturated carbocycles. The standard InChI is InChI=1S/C20H21FN4O/c1-23-11-5-6-18(23)17-14-19(20(26)24-12-3-2-4-13-24)25(22-17)16-9-7-15(21)8-10-16/h5-11,14H,2-4,12-13H2,1H3. The number of hydrogen-bond acceptors (Lipinski definition) is 2. The van der Waals surface area contributed by atoms with Gasteiger partial charge in [0.2, 0.25) is 0 Å². The molecule has 5 nitrogen and oxygen atoms in total. The van der Waals surface area contributed by atoms with Crippen molar-refractivity contribution in [2.24, 2.45) is 7.05 Å². The van der Waals surface area contributed by atoms with Crippen molar-refractivity contribution in [1.29, 1.82) is 0 Å². The van der Waals surface area contributed by atoms with Crippen molar-refractivity contribution < 1.29 is 9.18 Å². The number of aromatic nitrogens is 3. The first-order valence-corrected chi connectivity index (χ1v) is 8.90. The highest BCUT2D eigenvalue weighted by Crippen LogP contribution is 2.24. The van der Waals surface area contributed by atoms with E-state index in [1.165, 1.54) is 12.1 Å². The van der Waals surface area contributed by atoms with Gasteiger partial charge in [0.15, 0.2) is 0 Å². The van der Waals surface area contributed by atoms with E-state index in [9.17, 15) is 9.18 Å². The zero-order valence-corrected chi connectivity index (χ0v) is 14.7. The van der Waals surface area contributed by atoms with Crippen LogP contribution in [0.5, 0.6) is 0 Å². The number of carbonyl (C=O) groups excluding carboxylic acids is 1. The number of amides is 1. The van der Waals surface area contributed by atoms with Crippen LogP contribution in [-0.2, 0) is 7.05 Å². The fourth-order valence-corrected chi connectivity index (χ4v) is 3.42. The molecule has 1 aliphatic heterocycles. The lowest BCUT2D eigenvalue weighted by molar-refractivity contribution is 0.0715. The lowest BCUT2D eigenvalue weighted by Gasteiger charge is -2.26. The van der Waals surface area contributed by atoms with E-state index in [1.807, 2.05) is 40.9 Å². The van der Waals surface area contributed by atoms with E-state index in [4.69, 9.17) is 0 Å². The van der Waals surface area contributed by atoms with Crippen molar-refractivity contribution >= 4 is 5.91 Å². The van der Waals surface area contributed by atoms with Gasteiger partial charge in [-0.1, -0.05) is 0 Å². The molecule has 1 fully saturated rings. The fourth-order valence-electron chi connectivity index (χ4n) is 3.42. The first-order valence-electron chi connectivity index (χ1n) is 8.90. The summed E-state index contributed by atoms with van der Waals surface area (Å²) in [6.07, 6.45) is 5.16. The SMILES string of the molecule is Cn1cccc1-c1cc(C(=O)N2CCCCC2)n(-c2ccc(F)cc2)n1. The Bertz CT molecular complexity index is 920. The van der Waals surface area contributed by atoms with Gasteiger partial charge in [0.25, 0.3) is 5.91 Å². The van der Waals surface area contributed by atoms with Gasteiger partial charge in [-0.05, 0) is 61.7 Å². The quantitative estimate of drug-likeness (QED) is 0.722. The van der Waals surface area contributed by atoms with Gasteiger partial charge in [-0.25, -0.2) is 9.07 Å². The molecule has 26 heavy (non-hydrogen) atoms. The average molecular weight is 352 g/mol.